The number of nitrogens with zero attached hydrogens (tertiary/aromatic N) is 2. The van der Waals surface area contributed by atoms with Gasteiger partial charge in [0.2, 0.25) is 11.8 Å². The minimum atomic E-state index is -4.42. The van der Waals surface area contributed by atoms with Gasteiger partial charge >= 0.3 is 6.18 Å². The van der Waals surface area contributed by atoms with E-state index >= 15 is 0 Å². The summed E-state index contributed by atoms with van der Waals surface area (Å²) in [7, 11) is 3.49. The summed E-state index contributed by atoms with van der Waals surface area (Å²) in [6, 6.07) is 4.49. The average molecular weight is 434 g/mol. The van der Waals surface area contributed by atoms with Gasteiger partial charge in [0.15, 0.2) is 0 Å². The van der Waals surface area contributed by atoms with Gasteiger partial charge in [-0.3, -0.25) is 9.59 Å². The van der Waals surface area contributed by atoms with Crippen molar-refractivity contribution < 1.29 is 22.8 Å². The van der Waals surface area contributed by atoms with Crippen LogP contribution in [0.5, 0.6) is 0 Å². The van der Waals surface area contributed by atoms with E-state index in [-0.39, 0.29) is 36.7 Å². The standard InChI is InChI=1S/C20H26F3N3O2.ClH/c1-24-15-4-3-11-26(12-15)19(28)16-9-10-17(27)25(2)18(16)13-5-7-14(8-6-13)20(21,22)23;/h5-8,15-16,18,24H,3-4,9-12H2,1-2H3;1H. The molecule has 2 fully saturated rings. The second-order valence-corrected chi connectivity index (χ2v) is 7.63. The minimum Gasteiger partial charge on any atom is -0.341 e. The van der Waals surface area contributed by atoms with Crippen LogP contribution in [0.2, 0.25) is 0 Å². The molecule has 3 atom stereocenters. The third-order valence-electron chi connectivity index (χ3n) is 5.90. The molecule has 1 N–H and O–H groups in total. The highest BCUT2D eigenvalue weighted by Crippen LogP contribution is 2.38. The summed E-state index contributed by atoms with van der Waals surface area (Å²) in [6.07, 6.45) is -1.82. The van der Waals surface area contributed by atoms with E-state index in [0.717, 1.165) is 25.0 Å². The molecule has 3 rings (SSSR count). The van der Waals surface area contributed by atoms with Crippen molar-refractivity contribution in [3.63, 3.8) is 0 Å². The summed E-state index contributed by atoms with van der Waals surface area (Å²) in [6.45, 7) is 1.29. The summed E-state index contributed by atoms with van der Waals surface area (Å²) < 4.78 is 38.7. The molecule has 0 bridgehead atoms. The number of alkyl halides is 3. The highest BCUT2D eigenvalue weighted by Gasteiger charge is 2.41. The fourth-order valence-corrected chi connectivity index (χ4v) is 4.27. The SMILES string of the molecule is CNC1CCCN(C(=O)C2CCC(=O)N(C)C2c2ccc(C(F)(F)F)cc2)C1.Cl. The molecule has 2 aliphatic heterocycles. The van der Waals surface area contributed by atoms with Gasteiger partial charge in [0.1, 0.15) is 0 Å². The van der Waals surface area contributed by atoms with E-state index in [1.807, 2.05) is 11.9 Å². The Morgan fingerprint density at radius 1 is 1.17 bits per heavy atom. The van der Waals surface area contributed by atoms with E-state index in [9.17, 15) is 22.8 Å². The lowest BCUT2D eigenvalue weighted by Crippen LogP contribution is -2.52. The van der Waals surface area contributed by atoms with E-state index in [1.165, 1.54) is 17.0 Å². The number of likely N-dealkylation sites (N-methyl/N-ethyl adjacent to an activating group) is 1. The summed E-state index contributed by atoms with van der Waals surface area (Å²) in [5.41, 5.74) is -0.180. The first-order valence-corrected chi connectivity index (χ1v) is 9.61. The molecular weight excluding hydrogens is 407 g/mol. The Kier molecular flexibility index (Phi) is 7.56. The highest BCUT2D eigenvalue weighted by atomic mass is 35.5. The molecule has 2 saturated heterocycles. The second kappa shape index (κ2) is 9.34. The Balaban J connectivity index is 0.00000300. The summed E-state index contributed by atoms with van der Waals surface area (Å²) in [5, 5.41) is 3.21. The zero-order valence-corrected chi connectivity index (χ0v) is 17.4. The van der Waals surface area contributed by atoms with E-state index < -0.39 is 23.7 Å². The van der Waals surface area contributed by atoms with Gasteiger partial charge in [-0.2, -0.15) is 13.2 Å². The highest BCUT2D eigenvalue weighted by molar-refractivity contribution is 5.85. The Morgan fingerprint density at radius 2 is 1.83 bits per heavy atom. The number of hydrogen-bond acceptors (Lipinski definition) is 3. The molecule has 2 aliphatic rings. The van der Waals surface area contributed by atoms with Crippen LogP contribution < -0.4 is 5.32 Å². The van der Waals surface area contributed by atoms with Crippen molar-refractivity contribution in [3.8, 4) is 0 Å². The number of amides is 2. The van der Waals surface area contributed by atoms with Crippen molar-refractivity contribution in [1.29, 1.82) is 0 Å². The van der Waals surface area contributed by atoms with Crippen molar-refractivity contribution in [2.45, 2.75) is 43.9 Å². The van der Waals surface area contributed by atoms with Gasteiger partial charge in [0, 0.05) is 32.6 Å². The Morgan fingerprint density at radius 3 is 2.41 bits per heavy atom. The monoisotopic (exact) mass is 433 g/mol. The van der Waals surface area contributed by atoms with Crippen molar-refractivity contribution in [2.24, 2.45) is 5.92 Å². The molecule has 0 saturated carbocycles. The maximum atomic E-state index is 13.3. The predicted octanol–water partition coefficient (Wildman–Crippen LogP) is 3.25. The molecule has 1 aromatic rings. The van der Waals surface area contributed by atoms with Gasteiger partial charge in [0.05, 0.1) is 17.5 Å². The fraction of sp³-hybridized carbons (Fsp3) is 0.600. The fourth-order valence-electron chi connectivity index (χ4n) is 4.27. The quantitative estimate of drug-likeness (QED) is 0.796. The first kappa shape index (κ1) is 23.5. The van der Waals surface area contributed by atoms with Gasteiger partial charge in [0.25, 0.3) is 0 Å². The van der Waals surface area contributed by atoms with Crippen LogP contribution in [0.15, 0.2) is 24.3 Å². The molecule has 3 unspecified atom stereocenters. The predicted molar refractivity (Wildman–Crippen MR) is 106 cm³/mol. The number of rotatable bonds is 3. The smallest absolute Gasteiger partial charge is 0.341 e. The van der Waals surface area contributed by atoms with Crippen molar-refractivity contribution in [3.05, 3.63) is 35.4 Å². The molecule has 2 heterocycles. The Hall–Kier alpha value is -1.80. The summed E-state index contributed by atoms with van der Waals surface area (Å²) >= 11 is 0. The molecule has 0 aromatic heterocycles. The molecule has 0 spiro atoms. The number of hydrogen-bond donors (Lipinski definition) is 1. The number of nitrogens with one attached hydrogen (secondary N) is 1. The third kappa shape index (κ3) is 5.04. The number of carbonyl (C=O) groups excluding carboxylic acids is 2. The molecule has 0 radical (unpaired) electrons. The number of piperidine rings is 2. The Bertz CT molecular complexity index is 727. The van der Waals surface area contributed by atoms with Crippen LogP contribution in [0.3, 0.4) is 0 Å². The minimum absolute atomic E-state index is 0. The normalized spacial score (nSPS) is 25.6. The first-order chi connectivity index (χ1) is 13.2. The molecular formula is C20H27ClF3N3O2. The molecule has 1 aromatic carbocycles. The molecule has 29 heavy (non-hydrogen) atoms. The zero-order chi connectivity index (χ0) is 20.5. The lowest BCUT2D eigenvalue weighted by atomic mass is 9.83. The van der Waals surface area contributed by atoms with E-state index in [0.29, 0.717) is 25.1 Å². The Labute approximate surface area is 175 Å². The van der Waals surface area contributed by atoms with Crippen LogP contribution in [0.4, 0.5) is 13.2 Å². The molecule has 9 heteroatoms. The van der Waals surface area contributed by atoms with Crippen LogP contribution in [-0.2, 0) is 15.8 Å². The second-order valence-electron chi connectivity index (χ2n) is 7.63. The largest absolute Gasteiger partial charge is 0.416 e. The first-order valence-electron chi connectivity index (χ1n) is 9.61. The average Bonchev–Trinajstić information content (AvgIpc) is 2.69. The van der Waals surface area contributed by atoms with Crippen LogP contribution >= 0.6 is 12.4 Å². The van der Waals surface area contributed by atoms with E-state index in [2.05, 4.69) is 5.32 Å². The van der Waals surface area contributed by atoms with Crippen LogP contribution in [-0.4, -0.2) is 54.8 Å². The summed E-state index contributed by atoms with van der Waals surface area (Å²) in [4.78, 5) is 28.9. The van der Waals surface area contributed by atoms with Crippen molar-refractivity contribution in [1.82, 2.24) is 15.1 Å². The number of benzene rings is 1. The van der Waals surface area contributed by atoms with Crippen LogP contribution in [0.1, 0.15) is 42.9 Å². The topological polar surface area (TPSA) is 52.7 Å². The van der Waals surface area contributed by atoms with Gasteiger partial charge in [-0.05, 0) is 44.0 Å². The maximum Gasteiger partial charge on any atom is 0.416 e. The maximum absolute atomic E-state index is 13.3. The van der Waals surface area contributed by atoms with Gasteiger partial charge in [-0.25, -0.2) is 0 Å². The van der Waals surface area contributed by atoms with Gasteiger partial charge in [-0.1, -0.05) is 12.1 Å². The lowest BCUT2D eigenvalue weighted by Gasteiger charge is -2.42. The number of likely N-dealkylation sites (tertiary alicyclic amines) is 2. The van der Waals surface area contributed by atoms with Crippen LogP contribution in [0.25, 0.3) is 0 Å². The summed E-state index contributed by atoms with van der Waals surface area (Å²) in [5.74, 6) is -0.570. The van der Waals surface area contributed by atoms with E-state index in [1.54, 1.807) is 7.05 Å². The molecule has 2 amide bonds. The van der Waals surface area contributed by atoms with Gasteiger partial charge in [-0.15, -0.1) is 12.4 Å². The zero-order valence-electron chi connectivity index (χ0n) is 16.5. The van der Waals surface area contributed by atoms with Crippen molar-refractivity contribution >= 4 is 24.2 Å². The van der Waals surface area contributed by atoms with Crippen molar-refractivity contribution in [2.75, 3.05) is 27.2 Å². The molecule has 0 aliphatic carbocycles. The van der Waals surface area contributed by atoms with Gasteiger partial charge < -0.3 is 15.1 Å². The van der Waals surface area contributed by atoms with Crippen LogP contribution in [0, 0.1) is 5.92 Å². The third-order valence-corrected chi connectivity index (χ3v) is 5.90. The number of carbonyl (C=O) groups is 2. The van der Waals surface area contributed by atoms with E-state index in [4.69, 9.17) is 0 Å². The molecule has 162 valence electrons. The number of halogens is 4. The lowest BCUT2D eigenvalue weighted by molar-refractivity contribution is -0.147. The molecule has 5 nitrogen and oxygen atoms in total.